The smallest absolute Gasteiger partial charge is 0.199 e. The second-order valence-electron chi connectivity index (χ2n) is 10.4. The minimum atomic E-state index is 0.335. The molecule has 0 atom stereocenters. The minimum Gasteiger partial charge on any atom is -0.351 e. The van der Waals surface area contributed by atoms with Gasteiger partial charge in [-0.2, -0.15) is 10.2 Å². The number of rotatable bonds is 1. The lowest BCUT2D eigenvalue weighted by Crippen LogP contribution is -2.45. The van der Waals surface area contributed by atoms with Crippen molar-refractivity contribution in [2.75, 3.05) is 71.4 Å². The fraction of sp³-hybridized carbons (Fsp3) is 0.357. The lowest BCUT2D eigenvalue weighted by atomic mass is 10.3. The number of hydrogen-bond acceptors (Lipinski definition) is 10. The van der Waals surface area contributed by atoms with Crippen molar-refractivity contribution in [2.45, 2.75) is 0 Å². The largest absolute Gasteiger partial charge is 0.351 e. The molecule has 6 aromatic rings. The molecule has 2 aliphatic rings. The summed E-state index contributed by atoms with van der Waals surface area (Å²) < 4.78 is 3.44. The van der Waals surface area contributed by atoms with Crippen molar-refractivity contribution in [3.63, 3.8) is 0 Å². The molecule has 6 heterocycles. The lowest BCUT2D eigenvalue weighted by Gasteiger charge is -2.33. The van der Waals surface area contributed by atoms with E-state index < -0.39 is 0 Å². The third kappa shape index (κ3) is 6.59. The Labute approximate surface area is 263 Å². The number of likely N-dealkylation sites (N-methyl/N-ethyl adjacent to an activating group) is 2. The summed E-state index contributed by atoms with van der Waals surface area (Å²) in [7, 11) is 4.29. The van der Waals surface area contributed by atoms with Gasteiger partial charge in [-0.3, -0.25) is 0 Å². The summed E-state index contributed by atoms with van der Waals surface area (Å²) in [6.45, 7) is 8.70. The van der Waals surface area contributed by atoms with E-state index >= 15 is 0 Å². The summed E-state index contributed by atoms with van der Waals surface area (Å²) in [5.74, 6) is 0.899. The molecule has 2 fully saturated rings. The Morgan fingerprint density at radius 2 is 1.19 bits per heavy atom. The lowest BCUT2D eigenvalue weighted by molar-refractivity contribution is 0.291. The first-order valence-electron chi connectivity index (χ1n) is 13.9. The Balaban J connectivity index is 0.000000130. The maximum absolute atomic E-state index is 6.09. The number of nitrogens with one attached hydrogen (secondary N) is 1. The van der Waals surface area contributed by atoms with E-state index in [-0.39, 0.29) is 0 Å². The number of benzene rings is 2. The van der Waals surface area contributed by atoms with Crippen LogP contribution in [0.5, 0.6) is 0 Å². The van der Waals surface area contributed by atoms with E-state index in [4.69, 9.17) is 39.8 Å². The van der Waals surface area contributed by atoms with Crippen molar-refractivity contribution in [3.8, 4) is 0 Å². The minimum absolute atomic E-state index is 0.335. The van der Waals surface area contributed by atoms with E-state index in [9.17, 15) is 0 Å². The number of nitrogens with zero attached hydrogens (tertiary/aromatic N) is 11. The van der Waals surface area contributed by atoms with Gasteiger partial charge in [-0.15, -0.1) is 0 Å². The average molecular weight is 642 g/mol. The zero-order valence-electron chi connectivity index (χ0n) is 23.8. The highest BCUT2D eigenvalue weighted by Crippen LogP contribution is 2.26. The van der Waals surface area contributed by atoms with Crippen LogP contribution in [0.4, 0.5) is 5.82 Å². The first kappa shape index (κ1) is 29.7. The van der Waals surface area contributed by atoms with Crippen LogP contribution in [0.3, 0.4) is 0 Å². The molecule has 0 amide bonds. The van der Waals surface area contributed by atoms with E-state index in [1.165, 1.54) is 19.4 Å². The molecule has 8 rings (SSSR count). The second-order valence-corrected chi connectivity index (χ2v) is 11.7. The molecule has 2 aromatic carbocycles. The highest BCUT2D eigenvalue weighted by atomic mass is 35.5. The van der Waals surface area contributed by atoms with E-state index in [0.717, 1.165) is 72.8 Å². The normalized spacial score (nSPS) is 16.3. The maximum atomic E-state index is 6.09. The Hall–Kier alpha value is -3.39. The molecule has 2 saturated heterocycles. The Bertz CT molecular complexity index is 1860. The van der Waals surface area contributed by atoms with Gasteiger partial charge < -0.3 is 20.0 Å². The molecular weight excluding hydrogens is 611 g/mol. The van der Waals surface area contributed by atoms with Gasteiger partial charge in [-0.1, -0.05) is 34.8 Å². The van der Waals surface area contributed by atoms with Crippen LogP contribution in [0.2, 0.25) is 15.2 Å². The first-order chi connectivity index (χ1) is 20.9. The van der Waals surface area contributed by atoms with Gasteiger partial charge in [-0.25, -0.2) is 29.0 Å². The van der Waals surface area contributed by atoms with Gasteiger partial charge >= 0.3 is 0 Å². The number of hydrogen-bond donors (Lipinski definition) is 1. The van der Waals surface area contributed by atoms with Gasteiger partial charge in [0.1, 0.15) is 12.7 Å². The van der Waals surface area contributed by atoms with Crippen LogP contribution in [0, 0.1) is 0 Å². The second kappa shape index (κ2) is 13.1. The maximum Gasteiger partial charge on any atom is 0.199 e. The molecule has 12 nitrogen and oxygen atoms in total. The van der Waals surface area contributed by atoms with E-state index in [2.05, 4.69) is 59.3 Å². The molecule has 15 heteroatoms. The summed E-state index contributed by atoms with van der Waals surface area (Å²) in [5, 5.41) is 13.3. The van der Waals surface area contributed by atoms with Crippen LogP contribution in [-0.4, -0.2) is 115 Å². The average Bonchev–Trinajstić information content (AvgIpc) is 3.71. The van der Waals surface area contributed by atoms with Crippen molar-refractivity contribution in [2.24, 2.45) is 0 Å². The number of fused-ring (bicyclic) bond motifs is 6. The quantitative estimate of drug-likeness (QED) is 0.285. The predicted molar refractivity (Wildman–Crippen MR) is 172 cm³/mol. The van der Waals surface area contributed by atoms with Crippen LogP contribution in [-0.2, 0) is 0 Å². The van der Waals surface area contributed by atoms with Crippen LogP contribution >= 0.6 is 34.8 Å². The molecule has 43 heavy (non-hydrogen) atoms. The van der Waals surface area contributed by atoms with Gasteiger partial charge in [0, 0.05) is 62.4 Å². The van der Waals surface area contributed by atoms with E-state index in [1.54, 1.807) is 29.0 Å². The molecule has 0 spiro atoms. The van der Waals surface area contributed by atoms with Gasteiger partial charge in [0.05, 0.1) is 22.1 Å². The highest BCUT2D eigenvalue weighted by Gasteiger charge is 2.20. The zero-order chi connectivity index (χ0) is 29.9. The number of halogens is 3. The molecule has 0 saturated carbocycles. The van der Waals surface area contributed by atoms with Crippen molar-refractivity contribution < 1.29 is 0 Å². The Kier molecular flexibility index (Phi) is 9.03. The fourth-order valence-corrected chi connectivity index (χ4v) is 5.53. The summed E-state index contributed by atoms with van der Waals surface area (Å²) in [4.78, 5) is 24.3. The van der Waals surface area contributed by atoms with Gasteiger partial charge in [0.25, 0.3) is 0 Å². The molecule has 2 aliphatic heterocycles. The van der Waals surface area contributed by atoms with Crippen molar-refractivity contribution in [1.82, 2.24) is 54.3 Å². The highest BCUT2D eigenvalue weighted by molar-refractivity contribution is 6.33. The third-order valence-electron chi connectivity index (χ3n) is 7.40. The Morgan fingerprint density at radius 3 is 1.77 bits per heavy atom. The van der Waals surface area contributed by atoms with Gasteiger partial charge in [-0.05, 0) is 50.5 Å². The molecule has 0 bridgehead atoms. The van der Waals surface area contributed by atoms with Crippen molar-refractivity contribution in [1.29, 1.82) is 0 Å². The molecule has 0 unspecified atom stereocenters. The molecular formula is C28H31Cl3N12. The van der Waals surface area contributed by atoms with Gasteiger partial charge in [0.2, 0.25) is 0 Å². The van der Waals surface area contributed by atoms with Crippen LogP contribution in [0.1, 0.15) is 0 Å². The zero-order valence-corrected chi connectivity index (χ0v) is 26.1. The van der Waals surface area contributed by atoms with E-state index in [0.29, 0.717) is 20.8 Å². The predicted octanol–water partition coefficient (Wildman–Crippen LogP) is 3.79. The monoisotopic (exact) mass is 640 g/mol. The fourth-order valence-electron chi connectivity index (χ4n) is 4.98. The molecule has 224 valence electrons. The summed E-state index contributed by atoms with van der Waals surface area (Å²) in [6.07, 6.45) is 3.00. The summed E-state index contributed by atoms with van der Waals surface area (Å²) in [6, 6.07) is 11.0. The standard InChI is InChI=1S/C14H15ClN6.C9H4Cl2N4.C5H12N2/c1-19-4-6-20(7-5-19)14-13-16-9-17-21(13)12-8-10(15)2-3-11(12)18-14;10-5-1-2-6-7(3-5)15-9(8(11)14-6)12-4-13-15;1-7-4-2-6-3-5-7/h2-3,8-9H,4-7H2,1H3;1-4H;6H,2-5H2,1H3. The third-order valence-corrected chi connectivity index (χ3v) is 8.12. The van der Waals surface area contributed by atoms with Crippen LogP contribution in [0.15, 0.2) is 49.1 Å². The molecule has 1 N–H and O–H groups in total. The number of aromatic nitrogens is 8. The summed E-state index contributed by atoms with van der Waals surface area (Å²) in [5.41, 5.74) is 4.61. The first-order valence-corrected chi connectivity index (χ1v) is 15.1. The van der Waals surface area contributed by atoms with Gasteiger partial charge in [0.15, 0.2) is 22.3 Å². The summed E-state index contributed by atoms with van der Waals surface area (Å²) >= 11 is 17.9. The Morgan fingerprint density at radius 1 is 0.651 bits per heavy atom. The van der Waals surface area contributed by atoms with Crippen molar-refractivity contribution >= 4 is 74.0 Å². The van der Waals surface area contributed by atoms with Crippen molar-refractivity contribution in [3.05, 3.63) is 64.3 Å². The number of piperazine rings is 2. The van der Waals surface area contributed by atoms with Crippen LogP contribution < -0.4 is 10.2 Å². The van der Waals surface area contributed by atoms with E-state index in [1.807, 2.05) is 22.7 Å². The topological polar surface area (TPSA) is 108 Å². The molecule has 0 aliphatic carbocycles. The SMILES string of the molecule is CN1CCN(c2nc3ccc(Cl)cc3n3ncnc23)CC1.CN1CCNCC1.Clc1ccc2nc(Cl)c3ncnn3c2c1. The molecule has 0 radical (unpaired) electrons. The number of anilines is 1. The van der Waals surface area contributed by atoms with Crippen LogP contribution in [0.25, 0.3) is 33.4 Å². The molecule has 4 aromatic heterocycles.